The lowest BCUT2D eigenvalue weighted by molar-refractivity contribution is -0.152. The maximum absolute atomic E-state index is 13.7. The second-order valence-corrected chi connectivity index (χ2v) is 12.3. The molecule has 0 rings (SSSR count). The minimum atomic E-state index is -1.29. The average Bonchev–Trinajstić information content (AvgIpc) is 2.95. The summed E-state index contributed by atoms with van der Waals surface area (Å²) in [5.74, 6) is -4.62. The monoisotopic (exact) mass is 613 g/mol. The molecule has 0 heterocycles. The second kappa shape index (κ2) is 17.8. The van der Waals surface area contributed by atoms with Crippen molar-refractivity contribution in [3.05, 3.63) is 0 Å². The van der Waals surface area contributed by atoms with Gasteiger partial charge in [0.15, 0.2) is 0 Å². The molecule has 43 heavy (non-hydrogen) atoms. The molecule has 0 radical (unpaired) electrons. The summed E-state index contributed by atoms with van der Waals surface area (Å²) >= 11 is 0. The SMILES string of the molecule is CC[C@@H](C)C(C(=O)N(C)CC(=O)NC(C(=O)N(C)C(C)C(=O)OC)C(C)C)N(C)C(=O)[C@@H](NC(=O)[C@H](O)C(C)C)C(C)C. The lowest BCUT2D eigenvalue weighted by atomic mass is 9.94. The highest BCUT2D eigenvalue weighted by Gasteiger charge is 2.39. The Balaban J connectivity index is 5.88. The van der Waals surface area contributed by atoms with Crippen molar-refractivity contribution in [1.82, 2.24) is 25.3 Å². The third kappa shape index (κ3) is 11.1. The molecule has 6 atom stereocenters. The first-order valence-corrected chi connectivity index (χ1v) is 14.9. The van der Waals surface area contributed by atoms with Crippen LogP contribution in [0.5, 0.6) is 0 Å². The van der Waals surface area contributed by atoms with Gasteiger partial charge in [0.25, 0.3) is 0 Å². The predicted molar refractivity (Wildman–Crippen MR) is 162 cm³/mol. The number of esters is 1. The minimum absolute atomic E-state index is 0.296. The van der Waals surface area contributed by atoms with Crippen LogP contribution >= 0.6 is 0 Å². The standard InChI is InChI=1S/C30H55N5O8/c1-14-19(8)24(35(12)28(40)23(17(4)5)32-26(38)25(37)18(6)7)29(41)33(10)15-21(36)31-22(16(2)3)27(39)34(11)20(9)30(42)43-13/h16-20,22-25,37H,14-15H2,1-13H3,(H,31,36)(H,32,38)/t19-,20?,22?,23+,24?,25-/m1/s1. The summed E-state index contributed by atoms with van der Waals surface area (Å²) in [5, 5.41) is 15.5. The van der Waals surface area contributed by atoms with Crippen molar-refractivity contribution in [3.8, 4) is 0 Å². The van der Waals surface area contributed by atoms with Crippen molar-refractivity contribution in [2.24, 2.45) is 23.7 Å². The molecule has 248 valence electrons. The first-order valence-electron chi connectivity index (χ1n) is 14.9. The fourth-order valence-corrected chi connectivity index (χ4v) is 4.42. The number of hydrogen-bond acceptors (Lipinski definition) is 8. The maximum Gasteiger partial charge on any atom is 0.328 e. The Morgan fingerprint density at radius 2 is 1.19 bits per heavy atom. The third-order valence-electron chi connectivity index (χ3n) is 7.81. The van der Waals surface area contributed by atoms with Gasteiger partial charge < -0.3 is 35.2 Å². The van der Waals surface area contributed by atoms with Crippen LogP contribution in [0, 0.1) is 23.7 Å². The number of ether oxygens (including phenoxy) is 1. The summed E-state index contributed by atoms with van der Waals surface area (Å²) < 4.78 is 4.71. The van der Waals surface area contributed by atoms with E-state index < -0.39 is 65.8 Å². The molecule has 0 saturated carbocycles. The number of methoxy groups -OCH3 is 1. The zero-order chi connectivity index (χ0) is 33.9. The molecule has 0 aromatic carbocycles. The number of hydrogen-bond donors (Lipinski definition) is 3. The topological polar surface area (TPSA) is 166 Å². The fraction of sp³-hybridized carbons (Fsp3) is 0.800. The van der Waals surface area contributed by atoms with Gasteiger partial charge in [0, 0.05) is 21.1 Å². The van der Waals surface area contributed by atoms with Crippen LogP contribution in [0.4, 0.5) is 0 Å². The molecule has 0 aromatic heterocycles. The summed E-state index contributed by atoms with van der Waals surface area (Å²) in [6, 6.07) is -3.75. The average molecular weight is 614 g/mol. The van der Waals surface area contributed by atoms with Gasteiger partial charge in [-0.25, -0.2) is 4.79 Å². The zero-order valence-corrected chi connectivity index (χ0v) is 28.3. The Bertz CT molecular complexity index is 986. The van der Waals surface area contributed by atoms with Gasteiger partial charge in [-0.15, -0.1) is 0 Å². The lowest BCUT2D eigenvalue weighted by Gasteiger charge is -2.37. The van der Waals surface area contributed by atoms with Crippen molar-refractivity contribution < 1.29 is 38.6 Å². The van der Waals surface area contributed by atoms with Crippen molar-refractivity contribution >= 4 is 35.5 Å². The van der Waals surface area contributed by atoms with E-state index in [0.717, 1.165) is 0 Å². The number of amides is 5. The largest absolute Gasteiger partial charge is 0.467 e. The van der Waals surface area contributed by atoms with E-state index in [2.05, 4.69) is 10.6 Å². The van der Waals surface area contributed by atoms with Gasteiger partial charge in [-0.2, -0.15) is 0 Å². The summed E-state index contributed by atoms with van der Waals surface area (Å²) in [6.07, 6.45) is -0.742. The number of carbonyl (C=O) groups excluding carboxylic acids is 6. The Morgan fingerprint density at radius 1 is 0.721 bits per heavy atom. The third-order valence-corrected chi connectivity index (χ3v) is 7.81. The number of carbonyl (C=O) groups is 6. The van der Waals surface area contributed by atoms with Gasteiger partial charge in [0.2, 0.25) is 29.5 Å². The summed E-state index contributed by atoms with van der Waals surface area (Å²) in [5.41, 5.74) is 0. The normalized spacial score (nSPS) is 15.6. The summed E-state index contributed by atoms with van der Waals surface area (Å²) in [6.45, 7) is 15.2. The van der Waals surface area contributed by atoms with E-state index in [1.165, 1.54) is 49.9 Å². The van der Waals surface area contributed by atoms with Crippen LogP contribution in [-0.4, -0.2) is 120 Å². The Kier molecular flexibility index (Phi) is 16.5. The number of likely N-dealkylation sites (N-methyl/N-ethyl adjacent to an activating group) is 3. The van der Waals surface area contributed by atoms with Crippen LogP contribution in [-0.2, 0) is 33.5 Å². The Hall–Kier alpha value is -3.22. The van der Waals surface area contributed by atoms with Gasteiger partial charge in [0.05, 0.1) is 13.7 Å². The lowest BCUT2D eigenvalue weighted by Crippen LogP contribution is -2.59. The van der Waals surface area contributed by atoms with E-state index in [9.17, 15) is 33.9 Å². The highest BCUT2D eigenvalue weighted by Crippen LogP contribution is 2.19. The first-order chi connectivity index (χ1) is 19.7. The molecule has 3 N–H and O–H groups in total. The quantitative estimate of drug-likeness (QED) is 0.213. The molecule has 0 fully saturated rings. The van der Waals surface area contributed by atoms with Crippen molar-refractivity contribution in [2.45, 2.75) is 99.0 Å². The van der Waals surface area contributed by atoms with E-state index >= 15 is 0 Å². The smallest absolute Gasteiger partial charge is 0.328 e. The highest BCUT2D eigenvalue weighted by molar-refractivity contribution is 5.95. The van der Waals surface area contributed by atoms with Gasteiger partial charge in [-0.3, -0.25) is 24.0 Å². The molecule has 3 unspecified atom stereocenters. The molecule has 13 nitrogen and oxygen atoms in total. The first kappa shape index (κ1) is 39.8. The molecule has 13 heteroatoms. The molecule has 0 saturated heterocycles. The van der Waals surface area contributed by atoms with E-state index in [0.29, 0.717) is 6.42 Å². The molecular weight excluding hydrogens is 558 g/mol. The van der Waals surface area contributed by atoms with Crippen LogP contribution in [0.2, 0.25) is 0 Å². The van der Waals surface area contributed by atoms with E-state index in [1.807, 2.05) is 13.8 Å². The van der Waals surface area contributed by atoms with Gasteiger partial charge >= 0.3 is 5.97 Å². The summed E-state index contributed by atoms with van der Waals surface area (Å²) in [4.78, 5) is 81.6. The van der Waals surface area contributed by atoms with Crippen molar-refractivity contribution in [3.63, 3.8) is 0 Å². The molecule has 0 aliphatic heterocycles. The molecule has 5 amide bonds. The Morgan fingerprint density at radius 3 is 1.60 bits per heavy atom. The number of nitrogens with zero attached hydrogens (tertiary/aromatic N) is 3. The van der Waals surface area contributed by atoms with Crippen LogP contribution in [0.3, 0.4) is 0 Å². The minimum Gasteiger partial charge on any atom is -0.467 e. The zero-order valence-electron chi connectivity index (χ0n) is 28.3. The van der Waals surface area contributed by atoms with Crippen molar-refractivity contribution in [2.75, 3.05) is 34.8 Å². The Labute approximate surface area is 257 Å². The van der Waals surface area contributed by atoms with Crippen LogP contribution in [0.15, 0.2) is 0 Å². The highest BCUT2D eigenvalue weighted by atomic mass is 16.5. The predicted octanol–water partition coefficient (Wildman–Crippen LogP) is 0.636. The van der Waals surface area contributed by atoms with E-state index in [4.69, 9.17) is 4.74 Å². The number of aliphatic hydroxyl groups excluding tert-OH is 1. The van der Waals surface area contributed by atoms with E-state index in [-0.39, 0.29) is 30.2 Å². The van der Waals surface area contributed by atoms with Crippen molar-refractivity contribution in [1.29, 1.82) is 0 Å². The van der Waals surface area contributed by atoms with Gasteiger partial charge in [-0.1, -0.05) is 61.8 Å². The molecule has 0 bridgehead atoms. The maximum atomic E-state index is 13.7. The van der Waals surface area contributed by atoms with Crippen LogP contribution in [0.25, 0.3) is 0 Å². The van der Waals surface area contributed by atoms with E-state index in [1.54, 1.807) is 41.5 Å². The van der Waals surface area contributed by atoms with Gasteiger partial charge in [0.1, 0.15) is 30.3 Å². The number of rotatable bonds is 16. The number of aliphatic hydroxyl groups is 1. The van der Waals surface area contributed by atoms with Crippen LogP contribution in [0.1, 0.15) is 68.7 Å². The molecule has 0 aliphatic rings. The molecule has 0 aliphatic carbocycles. The van der Waals surface area contributed by atoms with Crippen LogP contribution < -0.4 is 10.6 Å². The summed E-state index contributed by atoms with van der Waals surface area (Å²) in [7, 11) is 5.59. The number of nitrogens with one attached hydrogen (secondary N) is 2. The molecule has 0 aromatic rings. The second-order valence-electron chi connectivity index (χ2n) is 12.3. The van der Waals surface area contributed by atoms with Gasteiger partial charge in [-0.05, 0) is 30.6 Å². The molecule has 0 spiro atoms. The fourth-order valence-electron chi connectivity index (χ4n) is 4.42. The molecular formula is C30H55N5O8.